The van der Waals surface area contributed by atoms with Gasteiger partial charge in [-0.3, -0.25) is 0 Å². The molecule has 3 heteroatoms. The first-order chi connectivity index (χ1) is 6.70. The van der Waals surface area contributed by atoms with Crippen LogP contribution >= 0.6 is 0 Å². The maximum absolute atomic E-state index is 5.72. The highest BCUT2D eigenvalue weighted by atomic mass is 14.9. The third-order valence-electron chi connectivity index (χ3n) is 2.05. The average molecular weight is 193 g/mol. The fraction of sp³-hybridized carbons (Fsp3) is 0.545. The second-order valence-corrected chi connectivity index (χ2v) is 3.90. The second kappa shape index (κ2) is 5.60. The van der Waals surface area contributed by atoms with Crippen molar-refractivity contribution in [3.05, 3.63) is 23.9 Å². The maximum Gasteiger partial charge on any atom is 0.126 e. The Bertz CT molecular complexity index is 271. The Hall–Kier alpha value is -1.09. The first-order valence-corrected chi connectivity index (χ1v) is 5.10. The van der Waals surface area contributed by atoms with Gasteiger partial charge in [-0.25, -0.2) is 4.98 Å². The molecule has 1 aromatic rings. The van der Waals surface area contributed by atoms with E-state index in [0.29, 0.717) is 11.7 Å². The van der Waals surface area contributed by atoms with Gasteiger partial charge in [0.1, 0.15) is 5.82 Å². The Labute approximate surface area is 85.7 Å². The predicted molar refractivity (Wildman–Crippen MR) is 60.1 cm³/mol. The van der Waals surface area contributed by atoms with Crippen LogP contribution < -0.4 is 11.1 Å². The van der Waals surface area contributed by atoms with Crippen molar-refractivity contribution in [1.82, 2.24) is 10.3 Å². The van der Waals surface area contributed by atoms with Crippen LogP contribution in [-0.4, -0.2) is 18.1 Å². The lowest BCUT2D eigenvalue weighted by atomic mass is 10.2. The summed E-state index contributed by atoms with van der Waals surface area (Å²) in [6.07, 6.45) is 2.67. The van der Waals surface area contributed by atoms with E-state index in [2.05, 4.69) is 24.1 Å². The summed E-state index contributed by atoms with van der Waals surface area (Å²) < 4.78 is 0. The van der Waals surface area contributed by atoms with E-state index in [-0.39, 0.29) is 0 Å². The van der Waals surface area contributed by atoms with Gasteiger partial charge in [0, 0.05) is 6.20 Å². The van der Waals surface area contributed by atoms with Crippen LogP contribution in [0.4, 0.5) is 5.82 Å². The topological polar surface area (TPSA) is 50.9 Å². The molecule has 78 valence electrons. The third kappa shape index (κ3) is 3.75. The summed E-state index contributed by atoms with van der Waals surface area (Å²) >= 11 is 0. The Kier molecular flexibility index (Phi) is 4.40. The van der Waals surface area contributed by atoms with Gasteiger partial charge >= 0.3 is 0 Å². The lowest BCUT2D eigenvalue weighted by Crippen LogP contribution is -2.22. The Morgan fingerprint density at radius 2 is 2.29 bits per heavy atom. The smallest absolute Gasteiger partial charge is 0.126 e. The van der Waals surface area contributed by atoms with Crippen LogP contribution in [0.25, 0.3) is 0 Å². The summed E-state index contributed by atoms with van der Waals surface area (Å²) in [4.78, 5) is 4.04. The highest BCUT2D eigenvalue weighted by Gasteiger charge is 1.98. The van der Waals surface area contributed by atoms with E-state index in [1.165, 1.54) is 0 Å². The minimum absolute atomic E-state index is 0.652. The number of aromatic nitrogens is 1. The molecule has 0 aliphatic carbocycles. The van der Waals surface area contributed by atoms with Crippen LogP contribution in [0.5, 0.6) is 0 Å². The van der Waals surface area contributed by atoms with Crippen molar-refractivity contribution >= 4 is 5.82 Å². The normalized spacial score (nSPS) is 10.8. The minimum atomic E-state index is 0.652. The van der Waals surface area contributed by atoms with Crippen LogP contribution in [-0.2, 0) is 6.42 Å². The van der Waals surface area contributed by atoms with Crippen molar-refractivity contribution in [2.75, 3.05) is 18.8 Å². The zero-order valence-electron chi connectivity index (χ0n) is 8.96. The van der Waals surface area contributed by atoms with E-state index in [9.17, 15) is 0 Å². The van der Waals surface area contributed by atoms with Crippen molar-refractivity contribution in [2.45, 2.75) is 20.3 Å². The molecule has 3 nitrogen and oxygen atoms in total. The number of hydrogen-bond donors (Lipinski definition) is 2. The molecule has 0 atom stereocenters. The first-order valence-electron chi connectivity index (χ1n) is 5.10. The van der Waals surface area contributed by atoms with E-state index in [0.717, 1.165) is 25.1 Å². The number of nitrogens with one attached hydrogen (secondary N) is 1. The molecule has 0 radical (unpaired) electrons. The van der Waals surface area contributed by atoms with E-state index in [1.807, 2.05) is 12.1 Å². The summed E-state index contributed by atoms with van der Waals surface area (Å²) in [5.41, 5.74) is 6.85. The zero-order chi connectivity index (χ0) is 10.4. The Balaban J connectivity index is 2.28. The molecule has 0 bridgehead atoms. The molecule has 0 aliphatic heterocycles. The largest absolute Gasteiger partial charge is 0.383 e. The van der Waals surface area contributed by atoms with Crippen molar-refractivity contribution in [3.8, 4) is 0 Å². The molecule has 0 aromatic carbocycles. The number of pyridine rings is 1. The highest BCUT2D eigenvalue weighted by molar-refractivity contribution is 5.38. The zero-order valence-corrected chi connectivity index (χ0v) is 8.96. The molecular weight excluding hydrogens is 174 g/mol. The van der Waals surface area contributed by atoms with Crippen LogP contribution in [0.3, 0.4) is 0 Å². The summed E-state index contributed by atoms with van der Waals surface area (Å²) in [7, 11) is 0. The number of nitrogens with two attached hydrogens (primary N) is 1. The van der Waals surface area contributed by atoms with Gasteiger partial charge < -0.3 is 11.1 Å². The monoisotopic (exact) mass is 193 g/mol. The average Bonchev–Trinajstić information content (AvgIpc) is 2.15. The van der Waals surface area contributed by atoms with Gasteiger partial charge in [-0.1, -0.05) is 19.9 Å². The predicted octanol–water partition coefficient (Wildman–Crippen LogP) is 1.45. The van der Waals surface area contributed by atoms with E-state index >= 15 is 0 Å². The van der Waals surface area contributed by atoms with E-state index in [1.54, 1.807) is 6.20 Å². The van der Waals surface area contributed by atoms with E-state index in [4.69, 9.17) is 5.73 Å². The van der Waals surface area contributed by atoms with Crippen molar-refractivity contribution in [3.63, 3.8) is 0 Å². The second-order valence-electron chi connectivity index (χ2n) is 3.90. The molecule has 1 heterocycles. The van der Waals surface area contributed by atoms with Gasteiger partial charge in [0.25, 0.3) is 0 Å². The van der Waals surface area contributed by atoms with Gasteiger partial charge in [0.15, 0.2) is 0 Å². The van der Waals surface area contributed by atoms with Gasteiger partial charge in [0.2, 0.25) is 0 Å². The number of rotatable bonds is 5. The molecule has 0 saturated heterocycles. The number of hydrogen-bond acceptors (Lipinski definition) is 3. The third-order valence-corrected chi connectivity index (χ3v) is 2.05. The van der Waals surface area contributed by atoms with Crippen molar-refractivity contribution in [1.29, 1.82) is 0 Å². The SMILES string of the molecule is CC(C)CNCCc1cccnc1N. The molecule has 0 unspecified atom stereocenters. The van der Waals surface area contributed by atoms with Gasteiger partial charge in [-0.05, 0) is 37.1 Å². The molecular formula is C11H19N3. The van der Waals surface area contributed by atoms with Gasteiger partial charge in [-0.2, -0.15) is 0 Å². The Morgan fingerprint density at radius 3 is 2.93 bits per heavy atom. The van der Waals surface area contributed by atoms with Crippen LogP contribution in [0.1, 0.15) is 19.4 Å². The summed E-state index contributed by atoms with van der Waals surface area (Å²) in [5.74, 6) is 1.35. The van der Waals surface area contributed by atoms with E-state index < -0.39 is 0 Å². The molecule has 0 saturated carbocycles. The lowest BCUT2D eigenvalue weighted by molar-refractivity contribution is 0.554. The van der Waals surface area contributed by atoms with Gasteiger partial charge in [0.05, 0.1) is 0 Å². The van der Waals surface area contributed by atoms with Gasteiger partial charge in [-0.15, -0.1) is 0 Å². The molecule has 0 amide bonds. The summed E-state index contributed by atoms with van der Waals surface area (Å²) in [6, 6.07) is 3.95. The fourth-order valence-electron chi connectivity index (χ4n) is 1.28. The number of nitrogens with zero attached hydrogens (tertiary/aromatic N) is 1. The molecule has 0 aliphatic rings. The number of nitrogen functional groups attached to an aromatic ring is 1. The molecule has 3 N–H and O–H groups in total. The Morgan fingerprint density at radius 1 is 1.50 bits per heavy atom. The molecule has 0 fully saturated rings. The van der Waals surface area contributed by atoms with Crippen LogP contribution in [0, 0.1) is 5.92 Å². The summed E-state index contributed by atoms with van der Waals surface area (Å²) in [5, 5.41) is 3.38. The molecule has 14 heavy (non-hydrogen) atoms. The van der Waals surface area contributed by atoms with Crippen molar-refractivity contribution in [2.24, 2.45) is 5.92 Å². The fourth-order valence-corrected chi connectivity index (χ4v) is 1.28. The lowest BCUT2D eigenvalue weighted by Gasteiger charge is -2.08. The van der Waals surface area contributed by atoms with Crippen LogP contribution in [0.15, 0.2) is 18.3 Å². The van der Waals surface area contributed by atoms with Crippen LogP contribution in [0.2, 0.25) is 0 Å². The molecule has 1 rings (SSSR count). The highest BCUT2D eigenvalue weighted by Crippen LogP contribution is 2.06. The standard InChI is InChI=1S/C11H19N3/c1-9(2)8-13-7-5-10-4-3-6-14-11(10)12/h3-4,6,9,13H,5,7-8H2,1-2H3,(H2,12,14). The molecule has 1 aromatic heterocycles. The quantitative estimate of drug-likeness (QED) is 0.696. The summed E-state index contributed by atoms with van der Waals surface area (Å²) in [6.45, 7) is 6.42. The maximum atomic E-state index is 5.72. The molecule has 0 spiro atoms. The number of anilines is 1. The van der Waals surface area contributed by atoms with Crippen molar-refractivity contribution < 1.29 is 0 Å². The first kappa shape index (κ1) is 11.0. The minimum Gasteiger partial charge on any atom is -0.383 e.